The standard InChI is InChI=1S/C56H73N5O10/c1-32(2)24-55(3,67)28-59-30-60-29-56(69-31-58-5)25-44-41-23-43-48(34-8-12-45-33(19-34)14-15-61-45)37(26-57-4)21-42-46(65)13-11-39(49(42)43)50(41)53-40(10-9-38(27-64)70-53)52(44)71-54(56)36-20-35(7-6-16-62)51(66)47(22-36)68-18-17-63/h8,11-15,19-22,32,38,43,48,54,57-67H,6-7,9-10,16-18,23-31H2,1-5H3. The molecule has 0 amide bonds. The zero-order chi connectivity index (χ0) is 50.0. The van der Waals surface area contributed by atoms with E-state index in [0.717, 1.165) is 55.4 Å². The summed E-state index contributed by atoms with van der Waals surface area (Å²) in [4.78, 5) is 3.36. The number of aromatic nitrogens is 1. The number of hydrogen-bond acceptors (Lipinski definition) is 14. The highest BCUT2D eigenvalue weighted by Crippen LogP contribution is 2.61. The maximum Gasteiger partial charge on any atom is 0.161 e. The summed E-state index contributed by atoms with van der Waals surface area (Å²) >= 11 is 0. The number of nitrogens with one attached hydrogen (secondary N) is 5. The van der Waals surface area contributed by atoms with Gasteiger partial charge >= 0.3 is 0 Å². The lowest BCUT2D eigenvalue weighted by molar-refractivity contribution is -0.129. The summed E-state index contributed by atoms with van der Waals surface area (Å²) in [5.41, 5.74) is 9.34. The average molecular weight is 976 g/mol. The maximum atomic E-state index is 11.7. The van der Waals surface area contributed by atoms with E-state index in [1.54, 1.807) is 12.1 Å². The van der Waals surface area contributed by atoms with E-state index < -0.39 is 23.4 Å². The van der Waals surface area contributed by atoms with Gasteiger partial charge in [-0.2, -0.15) is 0 Å². The lowest BCUT2D eigenvalue weighted by Gasteiger charge is -2.48. The molecule has 6 atom stereocenters. The molecular weight excluding hydrogens is 903 g/mol. The third-order valence-electron chi connectivity index (χ3n) is 14.9. The molecule has 11 N–H and O–H groups in total. The van der Waals surface area contributed by atoms with Crippen LogP contribution in [0.25, 0.3) is 28.1 Å². The fraction of sp³-hybridized carbons (Fsp3) is 0.500. The molecule has 0 bridgehead atoms. The Hall–Kier alpha value is -5.20. The Labute approximate surface area is 416 Å². The second-order valence-corrected chi connectivity index (χ2v) is 20.7. The van der Waals surface area contributed by atoms with Gasteiger partial charge in [-0.25, -0.2) is 0 Å². The molecule has 382 valence electrons. The van der Waals surface area contributed by atoms with Gasteiger partial charge in [0.25, 0.3) is 0 Å². The number of phenols is 2. The summed E-state index contributed by atoms with van der Waals surface area (Å²) < 4.78 is 27.7. The van der Waals surface area contributed by atoms with Crippen LogP contribution in [-0.2, 0) is 30.4 Å². The first-order valence-electron chi connectivity index (χ1n) is 25.4. The van der Waals surface area contributed by atoms with Gasteiger partial charge in [0, 0.05) is 79.2 Å². The summed E-state index contributed by atoms with van der Waals surface area (Å²) in [5.74, 6) is 1.87. The van der Waals surface area contributed by atoms with Crippen LogP contribution in [-0.4, -0.2) is 126 Å². The molecule has 5 aromatic rings. The fourth-order valence-corrected chi connectivity index (χ4v) is 12.1. The molecule has 71 heavy (non-hydrogen) atoms. The predicted octanol–water partition coefficient (Wildman–Crippen LogP) is 5.81. The van der Waals surface area contributed by atoms with Gasteiger partial charge < -0.3 is 70.5 Å². The SMILES string of the molecule is CNCOC1(CNCNCC(C)(O)CC(C)C)Cc2c3c(c4c(c2OC1c1cc(CCCO)c(O)c(OCCO)c1)CCC(CO)O4)-c1ccc(O)c2c1C(C3)C(c1ccc3[nH]ccc3c1)C(CNC)=C2. The van der Waals surface area contributed by atoms with Crippen molar-refractivity contribution in [1.29, 1.82) is 0 Å². The monoisotopic (exact) mass is 976 g/mol. The molecule has 4 aromatic carbocycles. The molecule has 6 unspecified atom stereocenters. The molecule has 15 heteroatoms. The van der Waals surface area contributed by atoms with Gasteiger partial charge in [-0.05, 0) is 158 Å². The van der Waals surface area contributed by atoms with E-state index in [1.807, 2.05) is 39.3 Å². The zero-order valence-electron chi connectivity index (χ0n) is 41.8. The Morgan fingerprint density at radius 3 is 2.54 bits per heavy atom. The molecule has 0 spiro atoms. The van der Waals surface area contributed by atoms with Crippen LogP contribution < -0.4 is 35.5 Å². The molecule has 2 aliphatic carbocycles. The van der Waals surface area contributed by atoms with Crippen LogP contribution in [0, 0.1) is 5.92 Å². The second kappa shape index (κ2) is 21.5. The first-order chi connectivity index (χ1) is 34.3. The molecule has 0 fully saturated rings. The van der Waals surface area contributed by atoms with Gasteiger partial charge in [-0.15, -0.1) is 0 Å². The van der Waals surface area contributed by atoms with Gasteiger partial charge in [0.1, 0.15) is 35.6 Å². The Morgan fingerprint density at radius 2 is 1.77 bits per heavy atom. The van der Waals surface area contributed by atoms with Gasteiger partial charge in [-0.3, -0.25) is 5.32 Å². The third-order valence-corrected chi connectivity index (χ3v) is 14.9. The van der Waals surface area contributed by atoms with Crippen LogP contribution in [0.2, 0.25) is 0 Å². The summed E-state index contributed by atoms with van der Waals surface area (Å²) in [7, 11) is 3.79. The Bertz CT molecular complexity index is 2710. The second-order valence-electron chi connectivity index (χ2n) is 20.7. The normalized spacial score (nSPS) is 21.9. The summed E-state index contributed by atoms with van der Waals surface area (Å²) in [6.45, 7) is 7.30. The summed E-state index contributed by atoms with van der Waals surface area (Å²) in [6, 6.07) is 16.2. The number of hydrogen-bond donors (Lipinski definition) is 11. The van der Waals surface area contributed by atoms with Crippen molar-refractivity contribution in [1.82, 2.24) is 26.3 Å². The van der Waals surface area contributed by atoms with E-state index in [0.29, 0.717) is 99.8 Å². The molecular formula is C56H73N5O10. The highest BCUT2D eigenvalue weighted by Gasteiger charge is 2.51. The number of likely N-dealkylation sites (N-methyl/N-ethyl adjacent to an activating group) is 1. The minimum Gasteiger partial charge on any atom is -0.507 e. The molecule has 4 aliphatic rings. The Balaban J connectivity index is 1.25. The average Bonchev–Trinajstić information content (AvgIpc) is 3.83. The summed E-state index contributed by atoms with van der Waals surface area (Å²) in [6.07, 6.45) is 6.39. The minimum absolute atomic E-state index is 0.0452. The van der Waals surface area contributed by atoms with Crippen molar-refractivity contribution in [3.05, 3.63) is 105 Å². The lowest BCUT2D eigenvalue weighted by Crippen LogP contribution is -2.56. The number of fused-ring (bicyclic) bond motifs is 8. The molecule has 3 heterocycles. The largest absolute Gasteiger partial charge is 0.507 e. The van der Waals surface area contributed by atoms with Crippen molar-refractivity contribution < 1.29 is 49.6 Å². The number of phenolic OH excluding ortho intramolecular Hbond substituents is 2. The number of H-pyrrole nitrogens is 1. The molecule has 0 radical (unpaired) electrons. The van der Waals surface area contributed by atoms with Crippen LogP contribution in [0.1, 0.15) is 102 Å². The fourth-order valence-electron chi connectivity index (χ4n) is 12.1. The van der Waals surface area contributed by atoms with Gasteiger partial charge in [0.15, 0.2) is 17.6 Å². The Kier molecular flexibility index (Phi) is 15.4. The van der Waals surface area contributed by atoms with E-state index in [1.165, 1.54) is 5.56 Å². The van der Waals surface area contributed by atoms with Crippen LogP contribution >= 0.6 is 0 Å². The van der Waals surface area contributed by atoms with Crippen molar-refractivity contribution in [2.24, 2.45) is 5.92 Å². The van der Waals surface area contributed by atoms with Gasteiger partial charge in [-0.1, -0.05) is 26.0 Å². The van der Waals surface area contributed by atoms with Crippen LogP contribution in [0.3, 0.4) is 0 Å². The predicted molar refractivity (Wildman–Crippen MR) is 275 cm³/mol. The van der Waals surface area contributed by atoms with Gasteiger partial charge in [0.2, 0.25) is 0 Å². The van der Waals surface area contributed by atoms with E-state index in [2.05, 4.69) is 70.4 Å². The van der Waals surface area contributed by atoms with Crippen molar-refractivity contribution in [2.45, 2.75) is 101 Å². The highest BCUT2D eigenvalue weighted by atomic mass is 16.6. The topological polar surface area (TPSA) is 222 Å². The van der Waals surface area contributed by atoms with Crippen LogP contribution in [0.5, 0.6) is 28.7 Å². The molecule has 0 saturated carbocycles. The van der Waals surface area contributed by atoms with Crippen LogP contribution in [0.4, 0.5) is 0 Å². The van der Waals surface area contributed by atoms with E-state index in [-0.39, 0.29) is 62.2 Å². The maximum absolute atomic E-state index is 11.7. The molecule has 1 aromatic heterocycles. The van der Waals surface area contributed by atoms with E-state index in [4.69, 9.17) is 18.9 Å². The van der Waals surface area contributed by atoms with Crippen molar-refractivity contribution >= 4 is 17.0 Å². The Morgan fingerprint density at radius 1 is 0.930 bits per heavy atom. The minimum atomic E-state index is -1.12. The molecule has 9 rings (SSSR count). The quantitative estimate of drug-likeness (QED) is 0.0291. The number of aliphatic hydroxyl groups excluding tert-OH is 3. The van der Waals surface area contributed by atoms with Gasteiger partial charge in [0.05, 0.1) is 25.5 Å². The summed E-state index contributed by atoms with van der Waals surface area (Å²) in [5, 5.41) is 79.7. The first kappa shape index (κ1) is 50.7. The van der Waals surface area contributed by atoms with Crippen molar-refractivity contribution in [2.75, 3.05) is 73.6 Å². The lowest BCUT2D eigenvalue weighted by atomic mass is 9.62. The number of aromatic amines is 1. The molecule has 15 nitrogen and oxygen atoms in total. The molecule has 0 saturated heterocycles. The number of aromatic hydroxyl groups is 2. The van der Waals surface area contributed by atoms with E-state index >= 15 is 0 Å². The molecule has 2 aliphatic heterocycles. The number of ether oxygens (including phenoxy) is 4. The number of aliphatic hydroxyl groups is 4. The van der Waals surface area contributed by atoms with Crippen LogP contribution in [0.15, 0.2) is 60.3 Å². The van der Waals surface area contributed by atoms with Crippen molar-refractivity contribution in [3.63, 3.8) is 0 Å². The number of rotatable bonds is 22. The number of benzene rings is 4. The first-order valence-corrected chi connectivity index (χ1v) is 25.4. The van der Waals surface area contributed by atoms with Crippen molar-refractivity contribution in [3.8, 4) is 39.9 Å². The smallest absolute Gasteiger partial charge is 0.161 e. The number of aryl methyl sites for hydroxylation is 1. The third kappa shape index (κ3) is 10.0. The van der Waals surface area contributed by atoms with E-state index in [9.17, 15) is 30.6 Å². The highest BCUT2D eigenvalue weighted by molar-refractivity contribution is 5.90. The zero-order valence-corrected chi connectivity index (χ0v) is 41.8.